The van der Waals surface area contributed by atoms with E-state index in [1.807, 2.05) is 26.0 Å². The van der Waals surface area contributed by atoms with E-state index in [1.54, 1.807) is 11.3 Å². The number of aromatic nitrogens is 1. The van der Waals surface area contributed by atoms with E-state index < -0.39 is 5.82 Å². The molecule has 0 saturated carbocycles. The number of nitrogens with zero attached hydrogens (tertiary/aromatic N) is 1. The van der Waals surface area contributed by atoms with Crippen LogP contribution in [0.2, 0.25) is 5.02 Å². The predicted molar refractivity (Wildman–Crippen MR) is 103 cm³/mol. The number of hydrogen-bond donors (Lipinski definition) is 0. The highest BCUT2D eigenvalue weighted by Crippen LogP contribution is 2.22. The Morgan fingerprint density at radius 3 is 2.77 bits per heavy atom. The van der Waals surface area contributed by atoms with Gasteiger partial charge in [0.05, 0.1) is 5.02 Å². The topological polar surface area (TPSA) is 31.2 Å². The number of hydrogen-bond acceptors (Lipinski definition) is 3. The summed E-state index contributed by atoms with van der Waals surface area (Å²) in [6, 6.07) is 10.1. The predicted octanol–water partition coefficient (Wildman–Crippen LogP) is 5.46. The number of rotatable bonds is 7. The van der Waals surface area contributed by atoms with E-state index in [9.17, 15) is 9.18 Å². The molecule has 136 valence electrons. The Kier molecular flexibility index (Phi) is 5.79. The summed E-state index contributed by atoms with van der Waals surface area (Å²) in [6.45, 7) is 4.67. The summed E-state index contributed by atoms with van der Waals surface area (Å²) in [5, 5.41) is 2.04. The van der Waals surface area contributed by atoms with Crippen molar-refractivity contribution >= 4 is 28.7 Å². The number of ketones is 1. The first-order valence-electron chi connectivity index (χ1n) is 8.26. The quantitative estimate of drug-likeness (QED) is 0.500. The molecule has 0 aliphatic carbocycles. The van der Waals surface area contributed by atoms with Crippen LogP contribution >= 0.6 is 22.9 Å². The van der Waals surface area contributed by atoms with Gasteiger partial charge in [-0.3, -0.25) is 4.79 Å². The number of aryl methyl sites for hydroxylation is 2. The lowest BCUT2D eigenvalue weighted by atomic mass is 10.1. The minimum atomic E-state index is -0.514. The summed E-state index contributed by atoms with van der Waals surface area (Å²) in [5.74, 6) is -0.253. The van der Waals surface area contributed by atoms with E-state index in [4.69, 9.17) is 16.3 Å². The van der Waals surface area contributed by atoms with Crippen LogP contribution in [0.25, 0.3) is 0 Å². The van der Waals surface area contributed by atoms with Crippen LogP contribution < -0.4 is 4.74 Å². The van der Waals surface area contributed by atoms with Crippen LogP contribution in [0.1, 0.15) is 26.6 Å². The van der Waals surface area contributed by atoms with Crippen molar-refractivity contribution in [2.45, 2.75) is 26.8 Å². The standard InChI is InChI=1S/C20H19ClFNO2S/c1-13-10-17(14(2)23(13)8-7-16-4-3-9-26-16)20(24)12-25-15-5-6-19(22)18(21)11-15/h3-6,9-11H,7-8,12H2,1-2H3. The number of ether oxygens (including phenoxy) is 1. The Bertz CT molecular complexity index is 918. The van der Waals surface area contributed by atoms with E-state index in [0.29, 0.717) is 11.3 Å². The van der Waals surface area contributed by atoms with E-state index in [2.05, 4.69) is 16.0 Å². The van der Waals surface area contributed by atoms with Gasteiger partial charge in [0.15, 0.2) is 6.61 Å². The molecule has 0 atom stereocenters. The second-order valence-corrected chi connectivity index (χ2v) is 7.49. The second-order valence-electron chi connectivity index (χ2n) is 6.05. The molecular formula is C20H19ClFNO2S. The van der Waals surface area contributed by atoms with Gasteiger partial charge in [0.1, 0.15) is 11.6 Å². The maximum absolute atomic E-state index is 13.2. The van der Waals surface area contributed by atoms with Crippen molar-refractivity contribution in [3.8, 4) is 5.75 Å². The molecule has 0 saturated heterocycles. The van der Waals surface area contributed by atoms with Crippen molar-refractivity contribution in [1.29, 1.82) is 0 Å². The molecule has 2 aromatic heterocycles. The number of carbonyl (C=O) groups is 1. The number of Topliss-reactive ketones (excluding diaryl/α,β-unsaturated/α-hetero) is 1. The lowest BCUT2D eigenvalue weighted by Gasteiger charge is -2.09. The molecule has 3 nitrogen and oxygen atoms in total. The number of halogens is 2. The molecular weight excluding hydrogens is 373 g/mol. The van der Waals surface area contributed by atoms with Crippen LogP contribution in [0.4, 0.5) is 4.39 Å². The van der Waals surface area contributed by atoms with Gasteiger partial charge >= 0.3 is 0 Å². The lowest BCUT2D eigenvalue weighted by Crippen LogP contribution is -2.13. The zero-order valence-electron chi connectivity index (χ0n) is 14.6. The summed E-state index contributed by atoms with van der Waals surface area (Å²) in [6.07, 6.45) is 0.937. The molecule has 3 aromatic rings. The first kappa shape index (κ1) is 18.7. The fourth-order valence-corrected chi connectivity index (χ4v) is 3.77. The van der Waals surface area contributed by atoms with Gasteiger partial charge in [0.2, 0.25) is 5.78 Å². The molecule has 0 fully saturated rings. The van der Waals surface area contributed by atoms with Crippen molar-refractivity contribution in [2.24, 2.45) is 0 Å². The highest BCUT2D eigenvalue weighted by atomic mass is 35.5. The lowest BCUT2D eigenvalue weighted by molar-refractivity contribution is 0.0920. The first-order chi connectivity index (χ1) is 12.5. The Morgan fingerprint density at radius 1 is 1.27 bits per heavy atom. The molecule has 0 spiro atoms. The van der Waals surface area contributed by atoms with Gasteiger partial charge in [-0.2, -0.15) is 0 Å². The molecule has 0 N–H and O–H groups in total. The van der Waals surface area contributed by atoms with Crippen LogP contribution in [0.15, 0.2) is 41.8 Å². The summed E-state index contributed by atoms with van der Waals surface area (Å²) >= 11 is 7.47. The Balaban J connectivity index is 1.67. The third-order valence-corrected chi connectivity index (χ3v) is 5.52. The maximum atomic E-state index is 13.2. The molecule has 6 heteroatoms. The third kappa shape index (κ3) is 4.17. The summed E-state index contributed by atoms with van der Waals surface area (Å²) in [7, 11) is 0. The molecule has 0 aliphatic heterocycles. The van der Waals surface area contributed by atoms with Gasteiger partial charge in [0, 0.05) is 34.4 Å². The van der Waals surface area contributed by atoms with Gasteiger partial charge in [0.25, 0.3) is 0 Å². The van der Waals surface area contributed by atoms with Crippen molar-refractivity contribution in [3.63, 3.8) is 0 Å². The second kappa shape index (κ2) is 8.06. The average molecular weight is 392 g/mol. The molecule has 3 rings (SSSR count). The molecule has 26 heavy (non-hydrogen) atoms. The minimum Gasteiger partial charge on any atom is -0.485 e. The van der Waals surface area contributed by atoms with Gasteiger partial charge in [-0.25, -0.2) is 4.39 Å². The largest absolute Gasteiger partial charge is 0.485 e. The van der Waals surface area contributed by atoms with Crippen LogP contribution in [0.3, 0.4) is 0 Å². The number of carbonyl (C=O) groups excluding carboxylic acids is 1. The van der Waals surface area contributed by atoms with E-state index >= 15 is 0 Å². The Morgan fingerprint density at radius 2 is 2.08 bits per heavy atom. The normalized spacial score (nSPS) is 10.9. The molecule has 0 radical (unpaired) electrons. The monoisotopic (exact) mass is 391 g/mol. The Labute approximate surface area is 161 Å². The summed E-state index contributed by atoms with van der Waals surface area (Å²) in [5.41, 5.74) is 2.64. The third-order valence-electron chi connectivity index (χ3n) is 4.30. The van der Waals surface area contributed by atoms with Crippen molar-refractivity contribution < 1.29 is 13.9 Å². The summed E-state index contributed by atoms with van der Waals surface area (Å²) < 4.78 is 20.8. The maximum Gasteiger partial charge on any atom is 0.202 e. The Hall–Kier alpha value is -2.11. The molecule has 0 bridgehead atoms. The zero-order chi connectivity index (χ0) is 18.7. The van der Waals surface area contributed by atoms with Crippen molar-refractivity contribution in [2.75, 3.05) is 6.61 Å². The van der Waals surface area contributed by atoms with Gasteiger partial charge in [-0.1, -0.05) is 17.7 Å². The van der Waals surface area contributed by atoms with E-state index in [1.165, 1.54) is 23.1 Å². The minimum absolute atomic E-state index is 0.0262. The zero-order valence-corrected chi connectivity index (χ0v) is 16.2. The van der Waals surface area contributed by atoms with Crippen LogP contribution in [-0.4, -0.2) is 17.0 Å². The van der Waals surface area contributed by atoms with Crippen molar-refractivity contribution in [1.82, 2.24) is 4.57 Å². The fraction of sp³-hybridized carbons (Fsp3) is 0.250. The van der Waals surface area contributed by atoms with Gasteiger partial charge in [-0.15, -0.1) is 11.3 Å². The first-order valence-corrected chi connectivity index (χ1v) is 9.51. The number of thiophene rings is 1. The molecule has 0 amide bonds. The fourth-order valence-electron chi connectivity index (χ4n) is 2.90. The average Bonchev–Trinajstić information content (AvgIpc) is 3.22. The van der Waals surface area contributed by atoms with Gasteiger partial charge in [-0.05, 0) is 49.9 Å². The molecule has 1 aromatic carbocycles. The highest BCUT2D eigenvalue weighted by molar-refractivity contribution is 7.09. The SMILES string of the molecule is Cc1cc(C(=O)COc2ccc(F)c(Cl)c2)c(C)n1CCc1cccs1. The van der Waals surface area contributed by atoms with Crippen LogP contribution in [-0.2, 0) is 13.0 Å². The van der Waals surface area contributed by atoms with Crippen LogP contribution in [0, 0.1) is 19.7 Å². The molecule has 0 aliphatic rings. The van der Waals surface area contributed by atoms with Crippen molar-refractivity contribution in [3.05, 3.63) is 74.4 Å². The summed E-state index contributed by atoms with van der Waals surface area (Å²) in [4.78, 5) is 13.9. The highest BCUT2D eigenvalue weighted by Gasteiger charge is 2.16. The van der Waals surface area contributed by atoms with E-state index in [-0.39, 0.29) is 17.4 Å². The smallest absolute Gasteiger partial charge is 0.202 e. The van der Waals surface area contributed by atoms with Crippen LogP contribution in [0.5, 0.6) is 5.75 Å². The number of benzene rings is 1. The van der Waals surface area contributed by atoms with Gasteiger partial charge < -0.3 is 9.30 Å². The molecule has 0 unspecified atom stereocenters. The molecule has 2 heterocycles. The van der Waals surface area contributed by atoms with E-state index in [0.717, 1.165) is 24.4 Å².